The van der Waals surface area contributed by atoms with Crippen molar-refractivity contribution in [2.45, 2.75) is 13.1 Å². The number of H-pyrrole nitrogens is 1. The largest absolute Gasteiger partial charge is 0.383 e. The van der Waals surface area contributed by atoms with Crippen molar-refractivity contribution in [3.05, 3.63) is 90.8 Å². The summed E-state index contributed by atoms with van der Waals surface area (Å²) < 4.78 is 20.4. The molecule has 0 aliphatic rings. The molecule has 2 aromatic carbocycles. The van der Waals surface area contributed by atoms with Crippen molar-refractivity contribution in [2.75, 3.05) is 30.9 Å². The predicted octanol–water partition coefficient (Wildman–Crippen LogP) is 2.72. The molecule has 0 unspecified atom stereocenters. The Morgan fingerprint density at radius 3 is 2.57 bits per heavy atom. The molecule has 30 heavy (non-hydrogen) atoms. The topological polar surface area (TPSA) is 93.3 Å². The molecule has 0 fully saturated rings. The number of nitrogen functional groups attached to an aromatic ring is 1. The van der Waals surface area contributed by atoms with Crippen molar-refractivity contribution in [1.29, 1.82) is 0 Å². The number of ether oxygens (including phenoxy) is 1. The van der Waals surface area contributed by atoms with E-state index in [2.05, 4.69) is 20.9 Å². The molecular weight excluding hydrogens is 455 g/mol. The Hall–Kier alpha value is -2.91. The van der Waals surface area contributed by atoms with Crippen LogP contribution in [0.4, 0.5) is 15.9 Å². The summed E-state index contributed by atoms with van der Waals surface area (Å²) in [4.78, 5) is 29.2. The molecule has 0 atom stereocenters. The first-order valence-electron chi connectivity index (χ1n) is 9.25. The second-order valence-electron chi connectivity index (χ2n) is 6.73. The Morgan fingerprint density at radius 2 is 1.90 bits per heavy atom. The maximum atomic E-state index is 13.6. The zero-order chi connectivity index (χ0) is 21.7. The molecular formula is C21H22BrFN4O3. The van der Waals surface area contributed by atoms with Crippen LogP contribution in [0.2, 0.25) is 0 Å². The fraction of sp³-hybridized carbons (Fsp3) is 0.238. The Kier molecular flexibility index (Phi) is 7.07. The van der Waals surface area contributed by atoms with Crippen molar-refractivity contribution in [3.8, 4) is 0 Å². The number of aromatic amines is 1. The van der Waals surface area contributed by atoms with E-state index in [1.807, 2.05) is 30.3 Å². The van der Waals surface area contributed by atoms with Crippen LogP contribution in [-0.4, -0.2) is 29.8 Å². The molecule has 0 radical (unpaired) electrons. The minimum atomic E-state index is -0.584. The van der Waals surface area contributed by atoms with Crippen molar-refractivity contribution in [2.24, 2.45) is 0 Å². The lowest BCUT2D eigenvalue weighted by atomic mass is 10.2. The minimum Gasteiger partial charge on any atom is -0.383 e. The molecule has 3 rings (SSSR count). The van der Waals surface area contributed by atoms with Crippen LogP contribution in [-0.2, 0) is 17.8 Å². The van der Waals surface area contributed by atoms with Gasteiger partial charge in [-0.25, -0.2) is 9.18 Å². The summed E-state index contributed by atoms with van der Waals surface area (Å²) in [6.45, 7) is 1.18. The van der Waals surface area contributed by atoms with Gasteiger partial charge in [-0.2, -0.15) is 0 Å². The van der Waals surface area contributed by atoms with Crippen LogP contribution in [0, 0.1) is 5.82 Å². The van der Waals surface area contributed by atoms with Gasteiger partial charge in [-0.05, 0) is 39.2 Å². The number of hydrogen-bond donors (Lipinski definition) is 2. The van der Waals surface area contributed by atoms with Crippen LogP contribution in [0.15, 0.2) is 62.6 Å². The Labute approximate surface area is 181 Å². The SMILES string of the molecule is COCCN(Cc1ccc(F)c(Br)c1)c1c(N)n(Cc2ccccc2)c(=O)[nH]c1=O. The third-order valence-corrected chi connectivity index (χ3v) is 5.24. The molecule has 0 aliphatic carbocycles. The van der Waals surface area contributed by atoms with Crippen LogP contribution < -0.4 is 21.9 Å². The average Bonchev–Trinajstić information content (AvgIpc) is 2.72. The standard InChI is InChI=1S/C21H22BrFN4O3/c1-30-10-9-26(12-15-7-8-17(23)16(22)11-15)18-19(24)27(21(29)25-20(18)28)13-14-5-3-2-4-6-14/h2-8,11H,9-10,12-13,24H2,1H3,(H,25,28,29). The molecule has 158 valence electrons. The summed E-state index contributed by atoms with van der Waals surface area (Å²) in [6.07, 6.45) is 0. The van der Waals surface area contributed by atoms with Crippen molar-refractivity contribution >= 4 is 27.4 Å². The highest BCUT2D eigenvalue weighted by Crippen LogP contribution is 2.22. The van der Waals surface area contributed by atoms with Gasteiger partial charge in [0.15, 0.2) is 0 Å². The van der Waals surface area contributed by atoms with Gasteiger partial charge in [0.1, 0.15) is 17.3 Å². The van der Waals surface area contributed by atoms with Gasteiger partial charge >= 0.3 is 5.69 Å². The highest BCUT2D eigenvalue weighted by molar-refractivity contribution is 9.10. The fourth-order valence-corrected chi connectivity index (χ4v) is 3.56. The first-order chi connectivity index (χ1) is 14.4. The van der Waals surface area contributed by atoms with E-state index in [4.69, 9.17) is 10.5 Å². The first-order valence-corrected chi connectivity index (χ1v) is 10.0. The number of aromatic nitrogens is 2. The van der Waals surface area contributed by atoms with E-state index in [1.54, 1.807) is 24.1 Å². The number of hydrogen-bond acceptors (Lipinski definition) is 5. The molecule has 0 aliphatic heterocycles. The lowest BCUT2D eigenvalue weighted by Gasteiger charge is -2.26. The molecule has 7 nitrogen and oxygen atoms in total. The highest BCUT2D eigenvalue weighted by Gasteiger charge is 2.19. The lowest BCUT2D eigenvalue weighted by Crippen LogP contribution is -2.39. The number of methoxy groups -OCH3 is 1. The fourth-order valence-electron chi connectivity index (χ4n) is 3.14. The molecule has 0 bridgehead atoms. The molecule has 9 heteroatoms. The number of benzene rings is 2. The zero-order valence-electron chi connectivity index (χ0n) is 16.4. The van der Waals surface area contributed by atoms with E-state index in [9.17, 15) is 14.0 Å². The van der Waals surface area contributed by atoms with Gasteiger partial charge in [0.05, 0.1) is 17.6 Å². The monoisotopic (exact) mass is 476 g/mol. The van der Waals surface area contributed by atoms with Crippen LogP contribution in [0.3, 0.4) is 0 Å². The second-order valence-corrected chi connectivity index (χ2v) is 7.58. The van der Waals surface area contributed by atoms with Gasteiger partial charge in [0.2, 0.25) is 0 Å². The van der Waals surface area contributed by atoms with Gasteiger partial charge < -0.3 is 15.4 Å². The summed E-state index contributed by atoms with van der Waals surface area (Å²) in [5.74, 6) is -0.319. The Balaban J connectivity index is 2.03. The van der Waals surface area contributed by atoms with Crippen molar-refractivity contribution in [3.63, 3.8) is 0 Å². The smallest absolute Gasteiger partial charge is 0.330 e. The number of anilines is 2. The summed E-state index contributed by atoms with van der Waals surface area (Å²) >= 11 is 3.18. The molecule has 3 aromatic rings. The summed E-state index contributed by atoms with van der Waals surface area (Å²) in [6, 6.07) is 14.0. The zero-order valence-corrected chi connectivity index (χ0v) is 18.0. The van der Waals surface area contributed by atoms with E-state index >= 15 is 0 Å². The number of halogens is 2. The third-order valence-electron chi connectivity index (χ3n) is 4.64. The van der Waals surface area contributed by atoms with Crippen LogP contribution >= 0.6 is 15.9 Å². The highest BCUT2D eigenvalue weighted by atomic mass is 79.9. The van der Waals surface area contributed by atoms with Gasteiger partial charge in [0, 0.05) is 20.2 Å². The summed E-state index contributed by atoms with van der Waals surface area (Å²) in [5.41, 5.74) is 6.94. The number of nitrogens with one attached hydrogen (secondary N) is 1. The maximum Gasteiger partial charge on any atom is 0.330 e. The summed E-state index contributed by atoms with van der Waals surface area (Å²) in [5, 5.41) is 0. The Morgan fingerprint density at radius 1 is 1.17 bits per heavy atom. The molecule has 0 saturated carbocycles. The van der Waals surface area contributed by atoms with Gasteiger partial charge in [-0.1, -0.05) is 36.4 Å². The van der Waals surface area contributed by atoms with E-state index < -0.39 is 11.2 Å². The summed E-state index contributed by atoms with van der Waals surface area (Å²) in [7, 11) is 1.55. The lowest BCUT2D eigenvalue weighted by molar-refractivity contribution is 0.205. The molecule has 1 heterocycles. The normalized spacial score (nSPS) is 10.9. The first kappa shape index (κ1) is 21.8. The molecule has 0 spiro atoms. The number of nitrogens with zero attached hydrogens (tertiary/aromatic N) is 2. The molecule has 0 saturated heterocycles. The van der Waals surface area contributed by atoms with E-state index in [0.717, 1.165) is 11.1 Å². The van der Waals surface area contributed by atoms with Gasteiger partial charge in [0.25, 0.3) is 5.56 Å². The van der Waals surface area contributed by atoms with E-state index in [1.165, 1.54) is 10.6 Å². The number of nitrogens with two attached hydrogens (primary N) is 1. The maximum absolute atomic E-state index is 13.6. The second kappa shape index (κ2) is 9.73. The number of rotatable bonds is 8. The van der Waals surface area contributed by atoms with Crippen LogP contribution in [0.25, 0.3) is 0 Å². The molecule has 3 N–H and O–H groups in total. The quantitative estimate of drug-likeness (QED) is 0.521. The Bertz CT molecular complexity index is 1130. The molecule has 1 aromatic heterocycles. The average molecular weight is 477 g/mol. The van der Waals surface area contributed by atoms with Crippen molar-refractivity contribution in [1.82, 2.24) is 9.55 Å². The third kappa shape index (κ3) is 4.98. The minimum absolute atomic E-state index is 0.0601. The van der Waals surface area contributed by atoms with E-state index in [0.29, 0.717) is 17.6 Å². The molecule has 0 amide bonds. The predicted molar refractivity (Wildman–Crippen MR) is 118 cm³/mol. The van der Waals surface area contributed by atoms with E-state index in [-0.39, 0.29) is 30.4 Å². The van der Waals surface area contributed by atoms with Crippen LogP contribution in [0.1, 0.15) is 11.1 Å². The van der Waals surface area contributed by atoms with Crippen LogP contribution in [0.5, 0.6) is 0 Å². The van der Waals surface area contributed by atoms with Gasteiger partial charge in [-0.15, -0.1) is 0 Å². The van der Waals surface area contributed by atoms with Gasteiger partial charge in [-0.3, -0.25) is 14.3 Å². The van der Waals surface area contributed by atoms with Crippen molar-refractivity contribution < 1.29 is 9.13 Å².